The fourth-order valence-electron chi connectivity index (χ4n) is 4.71. The number of aryl methyl sites for hydroxylation is 2. The van der Waals surface area contributed by atoms with Gasteiger partial charge in [0, 0.05) is 41.5 Å². The van der Waals surface area contributed by atoms with Crippen molar-refractivity contribution in [2.75, 3.05) is 19.6 Å². The summed E-state index contributed by atoms with van der Waals surface area (Å²) in [6, 6.07) is 13.8. The first kappa shape index (κ1) is 24.2. The summed E-state index contributed by atoms with van der Waals surface area (Å²) in [7, 11) is 0. The van der Waals surface area contributed by atoms with Crippen molar-refractivity contribution >= 4 is 17.2 Å². The Hall–Kier alpha value is -2.92. The molecule has 0 bridgehead atoms. The smallest absolute Gasteiger partial charge is 0.253 e. The summed E-state index contributed by atoms with van der Waals surface area (Å²) < 4.78 is 1.94. The van der Waals surface area contributed by atoms with Crippen LogP contribution in [0, 0.1) is 0 Å². The maximum absolute atomic E-state index is 13.5. The van der Waals surface area contributed by atoms with Crippen molar-refractivity contribution in [2.24, 2.45) is 0 Å². The van der Waals surface area contributed by atoms with Gasteiger partial charge in [-0.1, -0.05) is 31.2 Å². The van der Waals surface area contributed by atoms with Crippen molar-refractivity contribution in [2.45, 2.75) is 65.3 Å². The summed E-state index contributed by atoms with van der Waals surface area (Å²) in [6.45, 7) is 11.2. The van der Waals surface area contributed by atoms with Crippen molar-refractivity contribution in [3.63, 3.8) is 0 Å². The monoisotopic (exact) mass is 459 g/mol. The average molecular weight is 460 g/mol. The number of rotatable bonds is 8. The number of ketones is 1. The molecule has 2 aromatic heterocycles. The molecule has 1 saturated heterocycles. The van der Waals surface area contributed by atoms with Gasteiger partial charge in [0.1, 0.15) is 0 Å². The quantitative estimate of drug-likeness (QED) is 0.368. The number of amides is 1. The van der Waals surface area contributed by atoms with Crippen LogP contribution in [-0.2, 0) is 12.8 Å². The minimum absolute atomic E-state index is 0.0245. The second-order valence-electron chi connectivity index (χ2n) is 10.4. The number of aromatic nitrogens is 1. The van der Waals surface area contributed by atoms with Gasteiger partial charge in [0.25, 0.3) is 5.91 Å². The minimum Gasteiger partial charge on any atom is -0.339 e. The molecule has 3 aromatic rings. The summed E-state index contributed by atoms with van der Waals surface area (Å²) in [6.07, 6.45) is 6.83. The van der Waals surface area contributed by atoms with Crippen LogP contribution < -0.4 is 5.32 Å². The number of hydrogen-bond donors (Lipinski definition) is 1. The maximum Gasteiger partial charge on any atom is 0.253 e. The van der Waals surface area contributed by atoms with Crippen LogP contribution in [0.3, 0.4) is 0 Å². The Morgan fingerprint density at radius 2 is 1.68 bits per heavy atom. The Labute approximate surface area is 203 Å². The fraction of sp³-hybridized carbons (Fsp3) is 0.448. The molecule has 1 aromatic carbocycles. The van der Waals surface area contributed by atoms with Gasteiger partial charge in [-0.15, -0.1) is 0 Å². The van der Waals surface area contributed by atoms with Crippen LogP contribution in [0.2, 0.25) is 0 Å². The molecule has 0 unspecified atom stereocenters. The Bertz CT molecular complexity index is 1160. The van der Waals surface area contributed by atoms with E-state index in [2.05, 4.69) is 45.1 Å². The van der Waals surface area contributed by atoms with Crippen LogP contribution >= 0.6 is 0 Å². The molecular formula is C29H37N3O2. The molecular weight excluding hydrogens is 422 g/mol. The van der Waals surface area contributed by atoms with Crippen molar-refractivity contribution < 1.29 is 9.59 Å². The molecule has 0 radical (unpaired) electrons. The van der Waals surface area contributed by atoms with Crippen molar-refractivity contribution in [3.05, 3.63) is 76.6 Å². The van der Waals surface area contributed by atoms with E-state index in [1.807, 2.05) is 45.8 Å². The van der Waals surface area contributed by atoms with Gasteiger partial charge in [-0.2, -0.15) is 0 Å². The van der Waals surface area contributed by atoms with E-state index in [4.69, 9.17) is 0 Å². The van der Waals surface area contributed by atoms with E-state index in [1.165, 1.54) is 5.56 Å². The van der Waals surface area contributed by atoms with Gasteiger partial charge in [0.2, 0.25) is 5.78 Å². The lowest BCUT2D eigenvalue weighted by Crippen LogP contribution is -2.36. The standard InChI is InChI=1S/C29H37N3O2/c1-5-22-19-25-20-24(28(34)31-16-6-7-17-31)14-18-32(25)26(22)27(33)23-12-10-21(11-13-23)9-8-15-30-29(2,3)4/h10-14,18-20,30H,5-9,15-17H2,1-4H3. The number of nitrogens with zero attached hydrogens (tertiary/aromatic N) is 2. The highest BCUT2D eigenvalue weighted by atomic mass is 16.2. The van der Waals surface area contributed by atoms with E-state index in [9.17, 15) is 9.59 Å². The van der Waals surface area contributed by atoms with Gasteiger partial charge in [-0.3, -0.25) is 9.59 Å². The predicted molar refractivity (Wildman–Crippen MR) is 138 cm³/mol. The summed E-state index contributed by atoms with van der Waals surface area (Å²) in [4.78, 5) is 28.3. The SMILES string of the molecule is CCc1cc2cc(C(=O)N3CCCC3)ccn2c1C(=O)c1ccc(CCCNC(C)(C)C)cc1. The van der Waals surface area contributed by atoms with E-state index >= 15 is 0 Å². The first-order valence-corrected chi connectivity index (χ1v) is 12.6. The number of carbonyl (C=O) groups excluding carboxylic acids is 2. The van der Waals surface area contributed by atoms with Crippen LogP contribution in [0.4, 0.5) is 0 Å². The van der Waals surface area contributed by atoms with Gasteiger partial charge < -0.3 is 14.6 Å². The second kappa shape index (κ2) is 10.1. The highest BCUT2D eigenvalue weighted by Crippen LogP contribution is 2.23. The van der Waals surface area contributed by atoms with E-state index in [-0.39, 0.29) is 17.2 Å². The fourth-order valence-corrected chi connectivity index (χ4v) is 4.71. The molecule has 1 fully saturated rings. The van der Waals surface area contributed by atoms with Crippen LogP contribution in [0.1, 0.15) is 84.5 Å². The number of benzene rings is 1. The van der Waals surface area contributed by atoms with Crippen LogP contribution in [0.5, 0.6) is 0 Å². The summed E-state index contributed by atoms with van der Waals surface area (Å²) in [5.41, 5.74) is 5.37. The highest BCUT2D eigenvalue weighted by molar-refractivity contribution is 6.10. The minimum atomic E-state index is 0.0245. The van der Waals surface area contributed by atoms with Crippen molar-refractivity contribution in [1.29, 1.82) is 0 Å². The van der Waals surface area contributed by atoms with Gasteiger partial charge in [0.15, 0.2) is 0 Å². The lowest BCUT2D eigenvalue weighted by atomic mass is 10.0. The molecule has 1 N–H and O–H groups in total. The normalized spacial score (nSPS) is 14.2. The molecule has 0 saturated carbocycles. The number of carbonyl (C=O) groups is 2. The molecule has 1 amide bonds. The molecule has 34 heavy (non-hydrogen) atoms. The van der Waals surface area contributed by atoms with E-state index in [0.29, 0.717) is 16.8 Å². The van der Waals surface area contributed by atoms with Crippen LogP contribution in [0.15, 0.2) is 48.7 Å². The number of pyridine rings is 1. The molecule has 0 aliphatic carbocycles. The Kier molecular flexibility index (Phi) is 7.22. The molecule has 5 nitrogen and oxygen atoms in total. The second-order valence-corrected chi connectivity index (χ2v) is 10.4. The van der Waals surface area contributed by atoms with Gasteiger partial charge in [0.05, 0.1) is 5.69 Å². The Morgan fingerprint density at radius 3 is 2.32 bits per heavy atom. The van der Waals surface area contributed by atoms with Crippen LogP contribution in [-0.4, -0.2) is 46.2 Å². The number of fused-ring (bicyclic) bond motifs is 1. The van der Waals surface area contributed by atoms with Gasteiger partial charge >= 0.3 is 0 Å². The van der Waals surface area contributed by atoms with Crippen molar-refractivity contribution in [3.8, 4) is 0 Å². The summed E-state index contributed by atoms with van der Waals surface area (Å²) in [5.74, 6) is 0.108. The maximum atomic E-state index is 13.5. The van der Waals surface area contributed by atoms with E-state index in [0.717, 1.165) is 62.8 Å². The molecule has 1 aliphatic rings. The van der Waals surface area contributed by atoms with Crippen LogP contribution in [0.25, 0.3) is 5.52 Å². The summed E-state index contributed by atoms with van der Waals surface area (Å²) in [5, 5.41) is 3.52. The Morgan fingerprint density at radius 1 is 0.971 bits per heavy atom. The third-order valence-electron chi connectivity index (χ3n) is 6.60. The highest BCUT2D eigenvalue weighted by Gasteiger charge is 2.22. The zero-order valence-electron chi connectivity index (χ0n) is 21.0. The summed E-state index contributed by atoms with van der Waals surface area (Å²) >= 11 is 0. The topological polar surface area (TPSA) is 53.8 Å². The zero-order valence-corrected chi connectivity index (χ0v) is 21.0. The van der Waals surface area contributed by atoms with Crippen molar-refractivity contribution in [1.82, 2.24) is 14.6 Å². The number of hydrogen-bond acceptors (Lipinski definition) is 3. The zero-order chi connectivity index (χ0) is 24.3. The third-order valence-corrected chi connectivity index (χ3v) is 6.60. The molecule has 1 aliphatic heterocycles. The van der Waals surface area contributed by atoms with E-state index < -0.39 is 0 Å². The largest absolute Gasteiger partial charge is 0.339 e. The first-order chi connectivity index (χ1) is 16.3. The molecule has 0 spiro atoms. The lowest BCUT2D eigenvalue weighted by Gasteiger charge is -2.20. The molecule has 3 heterocycles. The number of nitrogens with one attached hydrogen (secondary N) is 1. The molecule has 5 heteroatoms. The molecule has 180 valence electrons. The average Bonchev–Trinajstić information content (AvgIpc) is 3.48. The lowest BCUT2D eigenvalue weighted by molar-refractivity contribution is 0.0792. The Balaban J connectivity index is 1.51. The predicted octanol–water partition coefficient (Wildman–Crippen LogP) is 5.29. The third kappa shape index (κ3) is 5.41. The first-order valence-electron chi connectivity index (χ1n) is 12.6. The molecule has 4 rings (SSSR count). The van der Waals surface area contributed by atoms with Gasteiger partial charge in [-0.05, 0) is 88.7 Å². The number of likely N-dealkylation sites (tertiary alicyclic amines) is 1. The van der Waals surface area contributed by atoms with Gasteiger partial charge in [-0.25, -0.2) is 0 Å². The van der Waals surface area contributed by atoms with E-state index in [1.54, 1.807) is 0 Å². The molecule has 0 atom stereocenters.